The van der Waals surface area contributed by atoms with Gasteiger partial charge in [0.05, 0.1) is 17.7 Å². The van der Waals surface area contributed by atoms with E-state index in [0.717, 1.165) is 6.07 Å². The lowest BCUT2D eigenvalue weighted by molar-refractivity contribution is -0.140. The lowest BCUT2D eigenvalue weighted by atomic mass is 9.73. The van der Waals surface area contributed by atoms with Crippen molar-refractivity contribution in [3.8, 4) is 11.1 Å². The van der Waals surface area contributed by atoms with Gasteiger partial charge in [-0.05, 0) is 34.4 Å². The third-order valence-electron chi connectivity index (χ3n) is 4.44. The van der Waals surface area contributed by atoms with E-state index in [4.69, 9.17) is 0 Å². The number of carbonyl (C=O) groups is 2. The van der Waals surface area contributed by atoms with Crippen LogP contribution in [0.25, 0.3) is 11.1 Å². The third kappa shape index (κ3) is 2.79. The molecule has 7 nitrogen and oxygen atoms in total. The lowest BCUT2D eigenvalue weighted by Crippen LogP contribution is -2.31. The molecule has 25 heavy (non-hydrogen) atoms. The van der Waals surface area contributed by atoms with E-state index < -0.39 is 45.2 Å². The zero-order chi connectivity index (χ0) is 18.4. The van der Waals surface area contributed by atoms with Crippen LogP contribution in [0.15, 0.2) is 47.4 Å². The summed E-state index contributed by atoms with van der Waals surface area (Å²) in [7, 11) is -4.51. The molecular formula is C17H14O7S. The summed E-state index contributed by atoms with van der Waals surface area (Å²) < 4.78 is 32.3. The normalized spacial score (nSPS) is 14.6. The van der Waals surface area contributed by atoms with Crippen molar-refractivity contribution in [1.82, 2.24) is 0 Å². The number of hydrogen-bond acceptors (Lipinski definition) is 4. The van der Waals surface area contributed by atoms with Crippen LogP contribution in [-0.2, 0) is 25.1 Å². The van der Waals surface area contributed by atoms with Gasteiger partial charge in [0.25, 0.3) is 10.1 Å². The molecule has 0 amide bonds. The largest absolute Gasteiger partial charge is 0.481 e. The van der Waals surface area contributed by atoms with Gasteiger partial charge in [-0.2, -0.15) is 8.42 Å². The Morgan fingerprint density at radius 2 is 1.44 bits per heavy atom. The summed E-state index contributed by atoms with van der Waals surface area (Å²) in [6.45, 7) is 0. The maximum absolute atomic E-state index is 11.5. The molecule has 0 bridgehead atoms. The molecule has 0 saturated carbocycles. The van der Waals surface area contributed by atoms with E-state index in [-0.39, 0.29) is 5.56 Å². The molecule has 0 radical (unpaired) electrons. The lowest BCUT2D eigenvalue weighted by Gasteiger charge is -2.29. The molecule has 1 aliphatic rings. The molecule has 0 unspecified atom stereocenters. The highest BCUT2D eigenvalue weighted by Crippen LogP contribution is 2.53. The minimum atomic E-state index is -4.51. The first-order valence-electron chi connectivity index (χ1n) is 7.31. The Balaban J connectivity index is 2.38. The fraction of sp³-hybridized carbons (Fsp3) is 0.176. The molecule has 130 valence electrons. The summed E-state index contributed by atoms with van der Waals surface area (Å²) in [5, 5.41) is 18.7. The van der Waals surface area contributed by atoms with Crippen LogP contribution in [0.4, 0.5) is 0 Å². The number of rotatable bonds is 5. The first kappa shape index (κ1) is 17.1. The second kappa shape index (κ2) is 5.68. The van der Waals surface area contributed by atoms with E-state index >= 15 is 0 Å². The number of benzene rings is 2. The van der Waals surface area contributed by atoms with E-state index in [2.05, 4.69) is 0 Å². The summed E-state index contributed by atoms with van der Waals surface area (Å²) >= 11 is 0. The third-order valence-corrected chi connectivity index (χ3v) is 5.29. The minimum Gasteiger partial charge on any atom is -0.481 e. The second-order valence-corrected chi connectivity index (χ2v) is 7.37. The van der Waals surface area contributed by atoms with Crippen LogP contribution in [0.1, 0.15) is 24.0 Å². The van der Waals surface area contributed by atoms with Gasteiger partial charge in [0.15, 0.2) is 0 Å². The van der Waals surface area contributed by atoms with E-state index in [1.165, 1.54) is 12.1 Å². The molecule has 8 heteroatoms. The SMILES string of the molecule is O=C(O)CC1(CC(=O)O)c2ccccc2-c2ccc(S(=O)(=O)O)cc21. The number of carboxylic acids is 2. The van der Waals surface area contributed by atoms with Gasteiger partial charge >= 0.3 is 11.9 Å². The van der Waals surface area contributed by atoms with Gasteiger partial charge in [0, 0.05) is 5.41 Å². The summed E-state index contributed by atoms with van der Waals surface area (Å²) in [6.07, 6.45) is -1.03. The van der Waals surface area contributed by atoms with E-state index in [1.807, 2.05) is 0 Å². The van der Waals surface area contributed by atoms with Crippen molar-refractivity contribution in [3.63, 3.8) is 0 Å². The van der Waals surface area contributed by atoms with E-state index in [0.29, 0.717) is 16.7 Å². The Morgan fingerprint density at radius 1 is 0.880 bits per heavy atom. The minimum absolute atomic E-state index is 0.272. The molecule has 0 aliphatic heterocycles. The fourth-order valence-corrected chi connectivity index (χ4v) is 4.06. The molecule has 2 aromatic rings. The van der Waals surface area contributed by atoms with Crippen molar-refractivity contribution in [2.75, 3.05) is 0 Å². The van der Waals surface area contributed by atoms with Gasteiger partial charge < -0.3 is 10.2 Å². The summed E-state index contributed by atoms with van der Waals surface area (Å²) in [4.78, 5) is 22.6. The molecule has 0 saturated heterocycles. The maximum atomic E-state index is 11.5. The van der Waals surface area contributed by atoms with Crippen molar-refractivity contribution >= 4 is 22.1 Å². The molecule has 0 heterocycles. The quantitative estimate of drug-likeness (QED) is 0.695. The average Bonchev–Trinajstić information content (AvgIpc) is 2.76. The molecule has 1 aliphatic carbocycles. The van der Waals surface area contributed by atoms with Crippen molar-refractivity contribution in [2.24, 2.45) is 0 Å². The number of carboxylic acid groups (broad SMARTS) is 2. The smallest absolute Gasteiger partial charge is 0.304 e. The van der Waals surface area contributed by atoms with Crippen LogP contribution in [0.2, 0.25) is 0 Å². The van der Waals surface area contributed by atoms with Crippen LogP contribution in [0.5, 0.6) is 0 Å². The number of fused-ring (bicyclic) bond motifs is 3. The Bertz CT molecular complexity index is 976. The van der Waals surface area contributed by atoms with Gasteiger partial charge in [0.2, 0.25) is 0 Å². The van der Waals surface area contributed by atoms with Crippen LogP contribution in [-0.4, -0.2) is 35.1 Å². The van der Waals surface area contributed by atoms with Crippen LogP contribution in [0.3, 0.4) is 0 Å². The van der Waals surface area contributed by atoms with Gasteiger partial charge in [-0.15, -0.1) is 0 Å². The molecule has 2 aromatic carbocycles. The Labute approximate surface area is 143 Å². The highest BCUT2D eigenvalue weighted by molar-refractivity contribution is 7.85. The average molecular weight is 362 g/mol. The Morgan fingerprint density at radius 3 is 2.00 bits per heavy atom. The Hall–Kier alpha value is -2.71. The summed E-state index contributed by atoms with van der Waals surface area (Å²) in [5.74, 6) is -2.41. The molecule has 0 spiro atoms. The van der Waals surface area contributed by atoms with Crippen LogP contribution < -0.4 is 0 Å². The fourth-order valence-electron chi connectivity index (χ4n) is 3.55. The van der Waals surface area contributed by atoms with Gasteiger partial charge in [-0.25, -0.2) is 0 Å². The van der Waals surface area contributed by atoms with Crippen LogP contribution >= 0.6 is 0 Å². The van der Waals surface area contributed by atoms with Crippen molar-refractivity contribution in [2.45, 2.75) is 23.2 Å². The van der Waals surface area contributed by atoms with E-state index in [1.54, 1.807) is 24.3 Å². The van der Waals surface area contributed by atoms with Crippen molar-refractivity contribution < 1.29 is 32.8 Å². The first-order chi connectivity index (χ1) is 11.6. The second-order valence-electron chi connectivity index (χ2n) is 5.95. The van der Waals surface area contributed by atoms with Gasteiger partial charge in [-0.1, -0.05) is 30.3 Å². The van der Waals surface area contributed by atoms with E-state index in [9.17, 15) is 32.8 Å². The Kier molecular flexibility index (Phi) is 3.89. The maximum Gasteiger partial charge on any atom is 0.304 e. The molecule has 3 rings (SSSR count). The molecule has 0 aromatic heterocycles. The monoisotopic (exact) mass is 362 g/mol. The van der Waals surface area contributed by atoms with Crippen molar-refractivity contribution in [3.05, 3.63) is 53.6 Å². The van der Waals surface area contributed by atoms with Gasteiger partial charge in [-0.3, -0.25) is 14.1 Å². The molecular weight excluding hydrogens is 348 g/mol. The highest BCUT2D eigenvalue weighted by Gasteiger charge is 2.46. The van der Waals surface area contributed by atoms with Crippen molar-refractivity contribution in [1.29, 1.82) is 0 Å². The standard InChI is InChI=1S/C17H14O7S/c18-15(19)8-17(9-16(20)21)13-4-2-1-3-11(13)12-6-5-10(7-14(12)17)25(22,23)24/h1-7H,8-9H2,(H,18,19)(H,20,21)(H,22,23,24). The number of hydrogen-bond donors (Lipinski definition) is 3. The zero-order valence-corrected chi connectivity index (χ0v) is 13.7. The predicted octanol–water partition coefficient (Wildman–Crippen LogP) is 2.15. The first-order valence-corrected chi connectivity index (χ1v) is 8.75. The summed E-state index contributed by atoms with van der Waals surface area (Å²) in [5.41, 5.74) is 0.591. The zero-order valence-electron chi connectivity index (χ0n) is 12.8. The topological polar surface area (TPSA) is 129 Å². The van der Waals surface area contributed by atoms with Gasteiger partial charge in [0.1, 0.15) is 0 Å². The molecule has 3 N–H and O–H groups in total. The molecule has 0 fully saturated rings. The van der Waals surface area contributed by atoms with Crippen LogP contribution in [0, 0.1) is 0 Å². The predicted molar refractivity (Wildman–Crippen MR) is 87.0 cm³/mol. The summed E-state index contributed by atoms with van der Waals surface area (Å²) in [6, 6.07) is 10.6. The number of aliphatic carboxylic acids is 2. The highest BCUT2D eigenvalue weighted by atomic mass is 32.2. The molecule has 0 atom stereocenters.